The smallest absolute Gasteiger partial charge is 0.161 e. The van der Waals surface area contributed by atoms with E-state index in [1.807, 2.05) is 20.8 Å². The number of rotatable bonds is 5. The molecule has 0 aromatic heterocycles. The molecule has 0 bridgehead atoms. The van der Waals surface area contributed by atoms with E-state index < -0.39 is 22.9 Å². The van der Waals surface area contributed by atoms with E-state index in [0.717, 1.165) is 12.6 Å². The van der Waals surface area contributed by atoms with Gasteiger partial charge >= 0.3 is 0 Å². The minimum atomic E-state index is -1.14. The molecule has 96 valence electrons. The van der Waals surface area contributed by atoms with E-state index >= 15 is 0 Å². The van der Waals surface area contributed by atoms with Gasteiger partial charge in [-0.15, -0.1) is 0 Å². The topological polar surface area (TPSA) is 12.0 Å². The van der Waals surface area contributed by atoms with Gasteiger partial charge in [0.2, 0.25) is 0 Å². The minimum absolute atomic E-state index is 0.217. The average molecular weight is 245 g/mol. The van der Waals surface area contributed by atoms with Gasteiger partial charge in [0.05, 0.1) is 0 Å². The Balaban J connectivity index is 2.93. The van der Waals surface area contributed by atoms with E-state index in [0.29, 0.717) is 19.0 Å². The van der Waals surface area contributed by atoms with Crippen molar-refractivity contribution in [2.24, 2.45) is 0 Å². The molecule has 1 N–H and O–H groups in total. The van der Waals surface area contributed by atoms with Gasteiger partial charge in [-0.1, -0.05) is 20.8 Å². The molecule has 0 saturated heterocycles. The molecule has 0 aliphatic heterocycles. The lowest BCUT2D eigenvalue weighted by atomic mass is 9.81. The largest absolute Gasteiger partial charge is 0.317 e. The fourth-order valence-electron chi connectivity index (χ4n) is 1.75. The molecule has 0 heterocycles. The van der Waals surface area contributed by atoms with Crippen molar-refractivity contribution < 1.29 is 13.2 Å². The number of hydrogen-bond acceptors (Lipinski definition) is 1. The lowest BCUT2D eigenvalue weighted by Crippen LogP contribution is -2.26. The van der Waals surface area contributed by atoms with E-state index in [2.05, 4.69) is 5.32 Å². The van der Waals surface area contributed by atoms with Crippen LogP contribution in [-0.2, 0) is 5.41 Å². The van der Waals surface area contributed by atoms with Crippen LogP contribution in [0.15, 0.2) is 12.1 Å². The Morgan fingerprint density at radius 1 is 1.06 bits per heavy atom. The molecule has 0 fully saturated rings. The number of halogens is 3. The summed E-state index contributed by atoms with van der Waals surface area (Å²) in [5.41, 5.74) is -0.310. The Morgan fingerprint density at radius 3 is 2.24 bits per heavy atom. The zero-order valence-corrected chi connectivity index (χ0v) is 10.4. The monoisotopic (exact) mass is 245 g/mol. The van der Waals surface area contributed by atoms with Gasteiger partial charge in [-0.2, -0.15) is 0 Å². The summed E-state index contributed by atoms with van der Waals surface area (Å²) in [6.07, 6.45) is 0.656. The molecule has 0 amide bonds. The summed E-state index contributed by atoms with van der Waals surface area (Å²) in [6, 6.07) is 1.57. The highest BCUT2D eigenvalue weighted by Crippen LogP contribution is 2.30. The summed E-state index contributed by atoms with van der Waals surface area (Å²) < 4.78 is 39.6. The summed E-state index contributed by atoms with van der Waals surface area (Å²) >= 11 is 0. The van der Waals surface area contributed by atoms with Gasteiger partial charge in [0, 0.05) is 6.07 Å². The second-order valence-corrected chi connectivity index (χ2v) is 4.73. The van der Waals surface area contributed by atoms with Crippen LogP contribution < -0.4 is 5.32 Å². The van der Waals surface area contributed by atoms with Gasteiger partial charge in [-0.25, -0.2) is 13.2 Å². The van der Waals surface area contributed by atoms with Crippen molar-refractivity contribution in [1.29, 1.82) is 0 Å². The highest BCUT2D eigenvalue weighted by molar-refractivity contribution is 5.27. The molecule has 0 radical (unpaired) electrons. The first-order chi connectivity index (χ1) is 7.88. The third-order valence-electron chi connectivity index (χ3n) is 2.92. The molecule has 4 heteroatoms. The quantitative estimate of drug-likeness (QED) is 0.619. The molecule has 1 aromatic rings. The zero-order valence-electron chi connectivity index (χ0n) is 10.4. The van der Waals surface area contributed by atoms with Crippen molar-refractivity contribution in [3.05, 3.63) is 35.1 Å². The summed E-state index contributed by atoms with van der Waals surface area (Å²) in [5, 5.41) is 3.13. The maximum atomic E-state index is 13.6. The standard InChI is InChI=1S/C13H18F3N/c1-4-17-6-5-13(2,3)9-7-11(15)12(16)8-10(9)14/h7-8,17H,4-6H2,1-3H3. The van der Waals surface area contributed by atoms with E-state index in [-0.39, 0.29) is 5.56 Å². The highest BCUT2D eigenvalue weighted by Gasteiger charge is 2.25. The predicted octanol–water partition coefficient (Wildman–Crippen LogP) is 3.38. The first-order valence-corrected chi connectivity index (χ1v) is 5.74. The molecular weight excluding hydrogens is 227 g/mol. The van der Waals surface area contributed by atoms with Crippen LogP contribution in [0.1, 0.15) is 32.8 Å². The molecule has 0 aliphatic carbocycles. The van der Waals surface area contributed by atoms with Gasteiger partial charge in [0.1, 0.15) is 5.82 Å². The van der Waals surface area contributed by atoms with Crippen LogP contribution in [-0.4, -0.2) is 13.1 Å². The zero-order chi connectivity index (χ0) is 13.1. The molecule has 0 saturated carbocycles. The summed E-state index contributed by atoms with van der Waals surface area (Å²) in [7, 11) is 0. The maximum absolute atomic E-state index is 13.6. The van der Waals surface area contributed by atoms with Gasteiger partial charge in [-0.05, 0) is 36.6 Å². The SMILES string of the molecule is CCNCCC(C)(C)c1cc(F)c(F)cc1F. The molecule has 1 aromatic carbocycles. The molecular formula is C13H18F3N. The molecule has 17 heavy (non-hydrogen) atoms. The Labute approximate surface area is 100 Å². The molecule has 0 spiro atoms. The molecule has 1 nitrogen and oxygen atoms in total. The van der Waals surface area contributed by atoms with Crippen molar-refractivity contribution in [3.63, 3.8) is 0 Å². The highest BCUT2D eigenvalue weighted by atomic mass is 19.2. The van der Waals surface area contributed by atoms with Crippen LogP contribution >= 0.6 is 0 Å². The first-order valence-electron chi connectivity index (χ1n) is 5.74. The van der Waals surface area contributed by atoms with Crippen LogP contribution in [0.5, 0.6) is 0 Å². The van der Waals surface area contributed by atoms with Crippen LogP contribution in [0.2, 0.25) is 0 Å². The Morgan fingerprint density at radius 2 is 1.65 bits per heavy atom. The summed E-state index contributed by atoms with van der Waals surface area (Å²) in [4.78, 5) is 0. The van der Waals surface area contributed by atoms with E-state index in [4.69, 9.17) is 0 Å². The predicted molar refractivity (Wildman–Crippen MR) is 62.5 cm³/mol. The third kappa shape index (κ3) is 3.46. The van der Waals surface area contributed by atoms with E-state index in [9.17, 15) is 13.2 Å². The van der Waals surface area contributed by atoms with Crippen LogP contribution in [0.4, 0.5) is 13.2 Å². The minimum Gasteiger partial charge on any atom is -0.317 e. The van der Waals surface area contributed by atoms with Crippen molar-refractivity contribution in [2.45, 2.75) is 32.6 Å². The Hall–Kier alpha value is -1.03. The number of benzene rings is 1. The fraction of sp³-hybridized carbons (Fsp3) is 0.538. The van der Waals surface area contributed by atoms with Crippen LogP contribution in [0, 0.1) is 17.5 Å². The van der Waals surface area contributed by atoms with Gasteiger partial charge in [0.15, 0.2) is 11.6 Å². The number of hydrogen-bond donors (Lipinski definition) is 1. The van der Waals surface area contributed by atoms with Crippen LogP contribution in [0.25, 0.3) is 0 Å². The van der Waals surface area contributed by atoms with Crippen molar-refractivity contribution in [1.82, 2.24) is 5.32 Å². The average Bonchev–Trinajstić information content (AvgIpc) is 2.23. The fourth-order valence-corrected chi connectivity index (χ4v) is 1.75. The second-order valence-electron chi connectivity index (χ2n) is 4.73. The Kier molecular flexibility index (Phi) is 4.57. The molecule has 0 atom stereocenters. The third-order valence-corrected chi connectivity index (χ3v) is 2.92. The van der Waals surface area contributed by atoms with Crippen molar-refractivity contribution in [3.8, 4) is 0 Å². The summed E-state index contributed by atoms with van der Waals surface area (Å²) in [5.74, 6) is -2.84. The van der Waals surface area contributed by atoms with E-state index in [1.54, 1.807) is 0 Å². The normalized spacial score (nSPS) is 11.9. The van der Waals surface area contributed by atoms with Crippen molar-refractivity contribution in [2.75, 3.05) is 13.1 Å². The second kappa shape index (κ2) is 5.54. The van der Waals surface area contributed by atoms with Gasteiger partial charge in [-0.3, -0.25) is 0 Å². The van der Waals surface area contributed by atoms with Crippen LogP contribution in [0.3, 0.4) is 0 Å². The van der Waals surface area contributed by atoms with Gasteiger partial charge < -0.3 is 5.32 Å². The maximum Gasteiger partial charge on any atom is 0.161 e. The lowest BCUT2D eigenvalue weighted by Gasteiger charge is -2.26. The van der Waals surface area contributed by atoms with Gasteiger partial charge in [0.25, 0.3) is 0 Å². The molecule has 0 unspecified atom stereocenters. The van der Waals surface area contributed by atoms with Crippen molar-refractivity contribution >= 4 is 0 Å². The Bertz CT molecular complexity index is 388. The summed E-state index contributed by atoms with van der Waals surface area (Å²) in [6.45, 7) is 7.16. The number of nitrogens with one attached hydrogen (secondary N) is 1. The first kappa shape index (κ1) is 14.0. The van der Waals surface area contributed by atoms with E-state index in [1.165, 1.54) is 0 Å². The molecule has 0 aliphatic rings. The molecule has 1 rings (SSSR count). The lowest BCUT2D eigenvalue weighted by molar-refractivity contribution is 0.422.